The van der Waals surface area contributed by atoms with Gasteiger partial charge in [-0.1, -0.05) is 36.7 Å². The monoisotopic (exact) mass is 301 g/mol. The molecule has 0 aromatic heterocycles. The summed E-state index contributed by atoms with van der Waals surface area (Å²) in [4.78, 5) is 2.22. The minimum absolute atomic E-state index is 0.359. The summed E-state index contributed by atoms with van der Waals surface area (Å²) in [6, 6.07) is 14.2. The maximum absolute atomic E-state index is 6.22. The highest BCUT2D eigenvalue weighted by Gasteiger charge is 2.30. The Morgan fingerprint density at radius 3 is 2.52 bits per heavy atom. The third kappa shape index (κ3) is 2.78. The van der Waals surface area contributed by atoms with Crippen molar-refractivity contribution in [3.8, 4) is 11.5 Å². The number of hydrogen-bond donors (Lipinski definition) is 0. The molecule has 2 atom stereocenters. The van der Waals surface area contributed by atoms with Crippen molar-refractivity contribution in [1.82, 2.24) is 4.90 Å². The first-order valence-electron chi connectivity index (χ1n) is 7.27. The summed E-state index contributed by atoms with van der Waals surface area (Å²) in [6.07, 6.45) is 0. The van der Waals surface area contributed by atoms with Gasteiger partial charge in [0.15, 0.2) is 0 Å². The first-order chi connectivity index (χ1) is 10.1. The summed E-state index contributed by atoms with van der Waals surface area (Å²) in [5, 5.41) is 0.763. The summed E-state index contributed by atoms with van der Waals surface area (Å²) in [6.45, 7) is 3.23. The highest BCUT2D eigenvalue weighted by molar-refractivity contribution is 6.30. The van der Waals surface area contributed by atoms with Gasteiger partial charge in [0.25, 0.3) is 0 Å². The Balaban J connectivity index is 2.16. The van der Waals surface area contributed by atoms with E-state index in [1.807, 2.05) is 30.3 Å². The summed E-state index contributed by atoms with van der Waals surface area (Å²) in [5.74, 6) is 2.61. The van der Waals surface area contributed by atoms with E-state index < -0.39 is 0 Å². The van der Waals surface area contributed by atoms with Crippen LogP contribution in [0.2, 0.25) is 5.02 Å². The normalized spacial score (nSPS) is 20.4. The lowest BCUT2D eigenvalue weighted by Crippen LogP contribution is -2.23. The SMILES string of the molecule is C[C@H]1c2ccccc2Oc2ccc(Cl)cc2[C@@H]1CN(C)C. The molecule has 0 radical (unpaired) electrons. The molecule has 3 heteroatoms. The molecule has 0 bridgehead atoms. The van der Waals surface area contributed by atoms with E-state index in [2.05, 4.69) is 38.1 Å². The number of fused-ring (bicyclic) bond motifs is 2. The molecule has 2 aromatic carbocycles. The fourth-order valence-electron chi connectivity index (χ4n) is 3.11. The van der Waals surface area contributed by atoms with Crippen molar-refractivity contribution in [3.63, 3.8) is 0 Å². The van der Waals surface area contributed by atoms with Crippen LogP contribution in [-0.4, -0.2) is 25.5 Å². The van der Waals surface area contributed by atoms with Crippen LogP contribution in [0.25, 0.3) is 0 Å². The van der Waals surface area contributed by atoms with Crippen LogP contribution in [0, 0.1) is 0 Å². The predicted molar refractivity (Wildman–Crippen MR) is 87.7 cm³/mol. The van der Waals surface area contributed by atoms with E-state index in [4.69, 9.17) is 16.3 Å². The quantitative estimate of drug-likeness (QED) is 0.782. The second-order valence-corrected chi connectivity index (χ2v) is 6.42. The molecular formula is C18H20ClNO. The Hall–Kier alpha value is -1.51. The lowest BCUT2D eigenvalue weighted by Gasteiger charge is -2.26. The van der Waals surface area contributed by atoms with Gasteiger partial charge in [-0.15, -0.1) is 0 Å². The van der Waals surface area contributed by atoms with Crippen LogP contribution in [0.4, 0.5) is 0 Å². The zero-order valence-corrected chi connectivity index (χ0v) is 13.4. The Labute approximate surface area is 131 Å². The molecular weight excluding hydrogens is 282 g/mol. The van der Waals surface area contributed by atoms with Crippen LogP contribution in [0.5, 0.6) is 11.5 Å². The zero-order valence-electron chi connectivity index (χ0n) is 12.6. The number of halogens is 1. The van der Waals surface area contributed by atoms with Crippen molar-refractivity contribution in [2.24, 2.45) is 0 Å². The van der Waals surface area contributed by atoms with Crippen molar-refractivity contribution in [1.29, 1.82) is 0 Å². The Morgan fingerprint density at radius 2 is 1.76 bits per heavy atom. The first kappa shape index (κ1) is 14.4. The van der Waals surface area contributed by atoms with Gasteiger partial charge in [-0.25, -0.2) is 0 Å². The molecule has 0 fully saturated rings. The standard InChI is InChI=1S/C18H20ClNO/c1-12-14-6-4-5-7-17(14)21-18-9-8-13(19)10-15(18)16(12)11-20(2)3/h4-10,12,16H,11H2,1-3H3/t12-,16+/m0/s1. The van der Waals surface area contributed by atoms with Gasteiger partial charge >= 0.3 is 0 Å². The van der Waals surface area contributed by atoms with Gasteiger partial charge in [-0.3, -0.25) is 0 Å². The highest BCUT2D eigenvalue weighted by Crippen LogP contribution is 2.46. The molecule has 0 amide bonds. The Kier molecular flexibility index (Phi) is 3.92. The number of benzene rings is 2. The average molecular weight is 302 g/mol. The molecule has 2 nitrogen and oxygen atoms in total. The molecule has 1 aliphatic rings. The first-order valence-corrected chi connectivity index (χ1v) is 7.65. The molecule has 0 aliphatic carbocycles. The molecule has 0 saturated carbocycles. The largest absolute Gasteiger partial charge is 0.457 e. The maximum atomic E-state index is 6.22. The lowest BCUT2D eigenvalue weighted by atomic mass is 9.82. The van der Waals surface area contributed by atoms with Crippen LogP contribution >= 0.6 is 11.6 Å². The number of rotatable bonds is 2. The van der Waals surface area contributed by atoms with Crippen LogP contribution in [0.1, 0.15) is 29.9 Å². The van der Waals surface area contributed by atoms with E-state index in [1.165, 1.54) is 11.1 Å². The molecule has 1 heterocycles. The molecule has 0 spiro atoms. The summed E-state index contributed by atoms with van der Waals surface area (Å²) in [7, 11) is 4.21. The van der Waals surface area contributed by atoms with E-state index in [0.717, 1.165) is 23.1 Å². The van der Waals surface area contributed by atoms with Gasteiger partial charge < -0.3 is 9.64 Å². The van der Waals surface area contributed by atoms with Gasteiger partial charge in [-0.2, -0.15) is 0 Å². The topological polar surface area (TPSA) is 12.5 Å². The fourth-order valence-corrected chi connectivity index (χ4v) is 3.29. The van der Waals surface area contributed by atoms with Crippen LogP contribution < -0.4 is 4.74 Å². The second-order valence-electron chi connectivity index (χ2n) is 5.98. The van der Waals surface area contributed by atoms with Crippen LogP contribution in [-0.2, 0) is 0 Å². The zero-order chi connectivity index (χ0) is 15.0. The fraction of sp³-hybridized carbons (Fsp3) is 0.333. The smallest absolute Gasteiger partial charge is 0.131 e. The minimum atomic E-state index is 0.359. The molecule has 2 aromatic rings. The van der Waals surface area contributed by atoms with Crippen molar-refractivity contribution < 1.29 is 4.74 Å². The Morgan fingerprint density at radius 1 is 1.05 bits per heavy atom. The highest BCUT2D eigenvalue weighted by atomic mass is 35.5. The van der Waals surface area contributed by atoms with E-state index >= 15 is 0 Å². The number of ether oxygens (including phenoxy) is 1. The van der Waals surface area contributed by atoms with Crippen molar-refractivity contribution in [2.45, 2.75) is 18.8 Å². The van der Waals surface area contributed by atoms with E-state index in [0.29, 0.717) is 11.8 Å². The molecule has 110 valence electrons. The van der Waals surface area contributed by atoms with Gasteiger partial charge in [-0.05, 0) is 49.8 Å². The summed E-state index contributed by atoms with van der Waals surface area (Å²) < 4.78 is 6.16. The van der Waals surface area contributed by atoms with E-state index in [-0.39, 0.29) is 0 Å². The van der Waals surface area contributed by atoms with E-state index in [9.17, 15) is 0 Å². The van der Waals surface area contributed by atoms with Crippen molar-refractivity contribution >= 4 is 11.6 Å². The minimum Gasteiger partial charge on any atom is -0.457 e. The molecule has 0 unspecified atom stereocenters. The van der Waals surface area contributed by atoms with Crippen molar-refractivity contribution in [2.75, 3.05) is 20.6 Å². The second kappa shape index (κ2) is 5.70. The van der Waals surface area contributed by atoms with Gasteiger partial charge in [0.05, 0.1) is 0 Å². The van der Waals surface area contributed by atoms with Crippen LogP contribution in [0.15, 0.2) is 42.5 Å². The summed E-state index contributed by atoms with van der Waals surface area (Å²) >= 11 is 6.22. The number of para-hydroxylation sites is 1. The van der Waals surface area contributed by atoms with Gasteiger partial charge in [0.1, 0.15) is 11.5 Å². The molecule has 0 N–H and O–H groups in total. The van der Waals surface area contributed by atoms with E-state index in [1.54, 1.807) is 0 Å². The van der Waals surface area contributed by atoms with Crippen LogP contribution in [0.3, 0.4) is 0 Å². The molecule has 21 heavy (non-hydrogen) atoms. The summed E-state index contributed by atoms with van der Waals surface area (Å²) in [5.41, 5.74) is 2.46. The predicted octanol–water partition coefficient (Wildman–Crippen LogP) is 4.89. The third-order valence-electron chi connectivity index (χ3n) is 4.17. The Bertz CT molecular complexity index is 653. The number of likely N-dealkylation sites (N-methyl/N-ethyl adjacent to an activating group) is 1. The van der Waals surface area contributed by atoms with Gasteiger partial charge in [0, 0.05) is 23.0 Å². The third-order valence-corrected chi connectivity index (χ3v) is 4.40. The molecule has 1 aliphatic heterocycles. The molecule has 0 saturated heterocycles. The average Bonchev–Trinajstić information content (AvgIpc) is 2.56. The number of hydrogen-bond acceptors (Lipinski definition) is 2. The van der Waals surface area contributed by atoms with Crippen molar-refractivity contribution in [3.05, 3.63) is 58.6 Å². The van der Waals surface area contributed by atoms with Gasteiger partial charge in [0.2, 0.25) is 0 Å². The lowest BCUT2D eigenvalue weighted by molar-refractivity contribution is 0.352. The molecule has 3 rings (SSSR count). The maximum Gasteiger partial charge on any atom is 0.131 e. The number of nitrogens with zero attached hydrogens (tertiary/aromatic N) is 1.